The van der Waals surface area contributed by atoms with Crippen LogP contribution in [0.1, 0.15) is 59.3 Å². The van der Waals surface area contributed by atoms with E-state index in [1.807, 2.05) is 18.7 Å². The quantitative estimate of drug-likeness (QED) is 0.869. The number of piperidine rings is 1. The Balaban J connectivity index is 1.79. The van der Waals surface area contributed by atoms with Crippen molar-refractivity contribution < 1.29 is 9.59 Å². The van der Waals surface area contributed by atoms with Crippen molar-refractivity contribution in [1.82, 2.24) is 10.2 Å². The van der Waals surface area contributed by atoms with Crippen LogP contribution in [0.5, 0.6) is 0 Å². The maximum atomic E-state index is 12.4. The van der Waals surface area contributed by atoms with Gasteiger partial charge in [-0.3, -0.25) is 9.59 Å². The Kier molecular flexibility index (Phi) is 5.65. The molecule has 0 spiro atoms. The minimum absolute atomic E-state index is 0.0541. The van der Waals surface area contributed by atoms with Gasteiger partial charge in [0.2, 0.25) is 11.8 Å². The summed E-state index contributed by atoms with van der Waals surface area (Å²) in [4.78, 5) is 26.3. The first-order valence-corrected chi connectivity index (χ1v) is 8.58. The molecule has 1 aliphatic heterocycles. The molecule has 1 heterocycles. The summed E-state index contributed by atoms with van der Waals surface area (Å²) in [5.41, 5.74) is 0. The van der Waals surface area contributed by atoms with Crippen LogP contribution in [0.3, 0.4) is 0 Å². The molecule has 4 nitrogen and oxygen atoms in total. The van der Waals surface area contributed by atoms with Gasteiger partial charge in [-0.05, 0) is 31.6 Å². The van der Waals surface area contributed by atoms with E-state index in [2.05, 4.69) is 12.2 Å². The lowest BCUT2D eigenvalue weighted by molar-refractivity contribution is -0.138. The van der Waals surface area contributed by atoms with E-state index in [4.69, 9.17) is 0 Å². The second-order valence-corrected chi connectivity index (χ2v) is 7.13. The van der Waals surface area contributed by atoms with Gasteiger partial charge >= 0.3 is 0 Å². The molecule has 0 aromatic heterocycles. The molecule has 0 radical (unpaired) electrons. The van der Waals surface area contributed by atoms with Crippen LogP contribution in [0.25, 0.3) is 0 Å². The Hall–Kier alpha value is -1.06. The van der Waals surface area contributed by atoms with Crippen molar-refractivity contribution in [2.24, 2.45) is 17.8 Å². The first-order chi connectivity index (χ1) is 9.99. The fourth-order valence-electron chi connectivity index (χ4n) is 3.56. The summed E-state index contributed by atoms with van der Waals surface area (Å²) in [6.07, 6.45) is 6.50. The monoisotopic (exact) mass is 294 g/mol. The normalized spacial score (nSPS) is 27.7. The maximum Gasteiger partial charge on any atom is 0.225 e. The first kappa shape index (κ1) is 16.3. The van der Waals surface area contributed by atoms with Gasteiger partial charge in [-0.25, -0.2) is 0 Å². The van der Waals surface area contributed by atoms with E-state index < -0.39 is 0 Å². The fourth-order valence-corrected chi connectivity index (χ4v) is 3.56. The molecule has 21 heavy (non-hydrogen) atoms. The zero-order valence-corrected chi connectivity index (χ0v) is 13.7. The van der Waals surface area contributed by atoms with Gasteiger partial charge in [0.15, 0.2) is 0 Å². The Morgan fingerprint density at radius 3 is 2.24 bits per heavy atom. The highest BCUT2D eigenvalue weighted by molar-refractivity contribution is 5.81. The average Bonchev–Trinajstić information content (AvgIpc) is 2.49. The molecule has 4 heteroatoms. The van der Waals surface area contributed by atoms with E-state index >= 15 is 0 Å². The minimum atomic E-state index is 0.0541. The molecule has 0 aromatic rings. The number of carbonyl (C=O) groups is 2. The Labute approximate surface area is 128 Å². The summed E-state index contributed by atoms with van der Waals surface area (Å²) in [5, 5.41) is 3.26. The third-order valence-electron chi connectivity index (χ3n) is 5.11. The summed E-state index contributed by atoms with van der Waals surface area (Å²) in [6.45, 7) is 7.58. The maximum absolute atomic E-state index is 12.4. The zero-order chi connectivity index (χ0) is 15.4. The van der Waals surface area contributed by atoms with Crippen molar-refractivity contribution in [3.05, 3.63) is 0 Å². The standard InChI is InChI=1S/C17H30N2O2/c1-12(2)17(21)19-10-8-14(9-11-19)16(20)18-15-7-5-4-6-13(15)3/h12-15H,4-11H2,1-3H3,(H,18,20). The van der Waals surface area contributed by atoms with E-state index in [9.17, 15) is 9.59 Å². The van der Waals surface area contributed by atoms with Gasteiger partial charge in [0.05, 0.1) is 0 Å². The third kappa shape index (κ3) is 4.21. The molecule has 0 bridgehead atoms. The van der Waals surface area contributed by atoms with Crippen LogP contribution < -0.4 is 5.32 Å². The van der Waals surface area contributed by atoms with Crippen LogP contribution in [0.15, 0.2) is 0 Å². The number of hydrogen-bond acceptors (Lipinski definition) is 2. The first-order valence-electron chi connectivity index (χ1n) is 8.58. The van der Waals surface area contributed by atoms with E-state index in [1.54, 1.807) is 0 Å². The summed E-state index contributed by atoms with van der Waals surface area (Å²) in [5.74, 6) is 1.18. The molecular weight excluding hydrogens is 264 g/mol. The largest absolute Gasteiger partial charge is 0.353 e. The van der Waals surface area contributed by atoms with Crippen molar-refractivity contribution >= 4 is 11.8 Å². The summed E-state index contributed by atoms with van der Waals surface area (Å²) >= 11 is 0. The second kappa shape index (κ2) is 7.28. The van der Waals surface area contributed by atoms with Crippen LogP contribution in [0.4, 0.5) is 0 Å². The predicted octanol–water partition coefficient (Wildman–Crippen LogP) is 2.58. The fraction of sp³-hybridized carbons (Fsp3) is 0.882. The van der Waals surface area contributed by atoms with Gasteiger partial charge in [0, 0.05) is 31.0 Å². The number of nitrogens with zero attached hydrogens (tertiary/aromatic N) is 1. The molecule has 1 saturated heterocycles. The lowest BCUT2D eigenvalue weighted by atomic mass is 9.85. The smallest absolute Gasteiger partial charge is 0.225 e. The number of carbonyl (C=O) groups excluding carboxylic acids is 2. The minimum Gasteiger partial charge on any atom is -0.353 e. The number of nitrogens with one attached hydrogen (secondary N) is 1. The number of likely N-dealkylation sites (tertiary alicyclic amines) is 1. The molecule has 1 aliphatic carbocycles. The lowest BCUT2D eigenvalue weighted by Gasteiger charge is -2.35. The molecule has 0 aromatic carbocycles. The molecular formula is C17H30N2O2. The van der Waals surface area contributed by atoms with E-state index in [1.165, 1.54) is 19.3 Å². The molecule has 1 N–H and O–H groups in total. The third-order valence-corrected chi connectivity index (χ3v) is 5.11. The number of rotatable bonds is 3. The van der Waals surface area contributed by atoms with E-state index in [0.29, 0.717) is 12.0 Å². The van der Waals surface area contributed by atoms with Crippen LogP contribution >= 0.6 is 0 Å². The van der Waals surface area contributed by atoms with Crippen molar-refractivity contribution in [2.45, 2.75) is 65.3 Å². The molecule has 2 rings (SSSR count). The zero-order valence-electron chi connectivity index (χ0n) is 13.7. The van der Waals surface area contributed by atoms with Gasteiger partial charge in [0.1, 0.15) is 0 Å². The summed E-state index contributed by atoms with van der Waals surface area (Å²) < 4.78 is 0. The molecule has 2 aliphatic rings. The van der Waals surface area contributed by atoms with Gasteiger partial charge < -0.3 is 10.2 Å². The van der Waals surface area contributed by atoms with Crippen molar-refractivity contribution in [2.75, 3.05) is 13.1 Å². The predicted molar refractivity (Wildman–Crippen MR) is 83.7 cm³/mol. The van der Waals surface area contributed by atoms with E-state index in [0.717, 1.165) is 32.4 Å². The van der Waals surface area contributed by atoms with Crippen LogP contribution in [0, 0.1) is 17.8 Å². The molecule has 2 unspecified atom stereocenters. The molecule has 2 fully saturated rings. The topological polar surface area (TPSA) is 49.4 Å². The summed E-state index contributed by atoms with van der Waals surface area (Å²) in [6, 6.07) is 0.363. The van der Waals surface area contributed by atoms with Gasteiger partial charge in [-0.1, -0.05) is 33.6 Å². The highest BCUT2D eigenvalue weighted by atomic mass is 16.2. The van der Waals surface area contributed by atoms with Gasteiger partial charge in [-0.2, -0.15) is 0 Å². The molecule has 120 valence electrons. The average molecular weight is 294 g/mol. The van der Waals surface area contributed by atoms with Gasteiger partial charge in [0.25, 0.3) is 0 Å². The Morgan fingerprint density at radius 1 is 1.05 bits per heavy atom. The van der Waals surface area contributed by atoms with Crippen molar-refractivity contribution in [3.63, 3.8) is 0 Å². The Morgan fingerprint density at radius 2 is 1.67 bits per heavy atom. The molecule has 2 atom stereocenters. The van der Waals surface area contributed by atoms with Crippen LogP contribution in [-0.4, -0.2) is 35.8 Å². The summed E-state index contributed by atoms with van der Waals surface area (Å²) in [7, 11) is 0. The van der Waals surface area contributed by atoms with Gasteiger partial charge in [-0.15, -0.1) is 0 Å². The Bertz CT molecular complexity index is 373. The second-order valence-electron chi connectivity index (χ2n) is 7.13. The van der Waals surface area contributed by atoms with Crippen LogP contribution in [0.2, 0.25) is 0 Å². The highest BCUT2D eigenvalue weighted by Crippen LogP contribution is 2.25. The van der Waals surface area contributed by atoms with Crippen LogP contribution in [-0.2, 0) is 9.59 Å². The highest BCUT2D eigenvalue weighted by Gasteiger charge is 2.30. The molecule has 2 amide bonds. The SMILES string of the molecule is CC(C)C(=O)N1CCC(C(=O)NC2CCCCC2C)CC1. The number of amides is 2. The van der Waals surface area contributed by atoms with Crippen molar-refractivity contribution in [1.29, 1.82) is 0 Å². The number of hydrogen-bond donors (Lipinski definition) is 1. The van der Waals surface area contributed by atoms with E-state index in [-0.39, 0.29) is 23.7 Å². The van der Waals surface area contributed by atoms with Crippen molar-refractivity contribution in [3.8, 4) is 0 Å². The lowest BCUT2D eigenvalue weighted by Crippen LogP contribution is -2.48. The molecule has 1 saturated carbocycles.